The molecule has 9 heteroatoms. The Labute approximate surface area is 139 Å². The fourth-order valence-corrected chi connectivity index (χ4v) is 2.98. The molecule has 2 unspecified atom stereocenters. The van der Waals surface area contributed by atoms with E-state index in [4.69, 9.17) is 4.74 Å². The summed E-state index contributed by atoms with van der Waals surface area (Å²) in [7, 11) is -1.65. The average Bonchev–Trinajstić information content (AvgIpc) is 2.57. The predicted octanol–water partition coefficient (Wildman–Crippen LogP) is -0.446. The molecule has 1 amide bonds. The van der Waals surface area contributed by atoms with Gasteiger partial charge in [-0.15, -0.1) is 0 Å². The highest BCUT2D eigenvalue weighted by Crippen LogP contribution is 2.21. The van der Waals surface area contributed by atoms with E-state index < -0.39 is 40.2 Å². The Hall–Kier alpha value is -2.68. The summed E-state index contributed by atoms with van der Waals surface area (Å²) in [6.45, 7) is 1.31. The molecule has 1 fully saturated rings. The van der Waals surface area contributed by atoms with Crippen LogP contribution in [0.25, 0.3) is 0 Å². The first-order chi connectivity index (χ1) is 11.4. The summed E-state index contributed by atoms with van der Waals surface area (Å²) in [5.41, 5.74) is 0.699. The summed E-state index contributed by atoms with van der Waals surface area (Å²) in [6.07, 6.45) is 0. The number of esters is 2. The van der Waals surface area contributed by atoms with Crippen molar-refractivity contribution in [3.05, 3.63) is 35.9 Å². The largest absolute Gasteiger partial charge is 0.467 e. The summed E-state index contributed by atoms with van der Waals surface area (Å²) >= 11 is 0. The predicted molar refractivity (Wildman–Crippen MR) is 82.3 cm³/mol. The molecule has 0 N–H and O–H groups in total. The lowest BCUT2D eigenvalue weighted by molar-refractivity contribution is -0.168. The molecule has 0 aliphatic carbocycles. The van der Waals surface area contributed by atoms with E-state index >= 15 is 0 Å². The molecule has 0 bridgehead atoms. The van der Waals surface area contributed by atoms with E-state index in [1.807, 2.05) is 0 Å². The first-order valence-corrected chi connectivity index (χ1v) is 8.03. The maximum atomic E-state index is 12.2. The Balaban J connectivity index is 2.17. The molecular formula is C15H15NO7S. The van der Waals surface area contributed by atoms with Gasteiger partial charge in [0.1, 0.15) is 6.61 Å². The molecule has 24 heavy (non-hydrogen) atoms. The molecule has 0 radical (unpaired) electrons. The van der Waals surface area contributed by atoms with Gasteiger partial charge in [0.2, 0.25) is 16.3 Å². The van der Waals surface area contributed by atoms with Gasteiger partial charge in [-0.1, -0.05) is 30.3 Å². The Bertz CT molecular complexity index is 792. The zero-order valence-corrected chi connectivity index (χ0v) is 13.8. The quantitative estimate of drug-likeness (QED) is 0.305. The van der Waals surface area contributed by atoms with Crippen LogP contribution in [0.4, 0.5) is 0 Å². The third-order valence-electron chi connectivity index (χ3n) is 3.57. The first kappa shape index (κ1) is 17.7. The van der Waals surface area contributed by atoms with E-state index in [0.29, 0.717) is 5.56 Å². The van der Waals surface area contributed by atoms with E-state index in [0.717, 1.165) is 12.0 Å². The number of carbonyl (C=O) groups is 3. The molecule has 1 aliphatic heterocycles. The Kier molecular flexibility index (Phi) is 5.35. The van der Waals surface area contributed by atoms with Crippen molar-refractivity contribution in [2.24, 2.45) is 0 Å². The second-order valence-corrected chi connectivity index (χ2v) is 5.92. The van der Waals surface area contributed by atoms with Crippen LogP contribution in [0.3, 0.4) is 0 Å². The molecule has 1 aromatic rings. The number of benzene rings is 1. The maximum Gasteiger partial charge on any atom is 0.341 e. The van der Waals surface area contributed by atoms with Crippen molar-refractivity contribution < 1.29 is 32.3 Å². The van der Waals surface area contributed by atoms with Crippen molar-refractivity contribution in [3.63, 3.8) is 0 Å². The van der Waals surface area contributed by atoms with Crippen LogP contribution in [0, 0.1) is 0 Å². The highest BCUT2D eigenvalue weighted by molar-refractivity contribution is 7.75. The van der Waals surface area contributed by atoms with Crippen molar-refractivity contribution in [1.82, 2.24) is 4.90 Å². The van der Waals surface area contributed by atoms with E-state index in [2.05, 4.69) is 4.74 Å². The number of carbonyl (C=O) groups excluding carboxylic acids is 3. The molecule has 2 rings (SSSR count). The number of β-lactam (4-membered cyclic amide) rings is 1. The molecule has 2 atom stereocenters. The minimum absolute atomic E-state index is 0.0896. The molecule has 1 heterocycles. The monoisotopic (exact) mass is 353 g/mol. The fourth-order valence-electron chi connectivity index (χ4n) is 2.34. The molecule has 1 aromatic carbocycles. The number of hydrogen-bond acceptors (Lipinski definition) is 7. The van der Waals surface area contributed by atoms with Gasteiger partial charge < -0.3 is 14.4 Å². The summed E-state index contributed by atoms with van der Waals surface area (Å²) in [5, 5.41) is 0. The second kappa shape index (κ2) is 7.26. The van der Waals surface area contributed by atoms with Gasteiger partial charge in [0.15, 0.2) is 4.86 Å². The van der Waals surface area contributed by atoms with E-state index in [1.165, 1.54) is 6.92 Å². The number of likely N-dealkylation sites (tertiary alicyclic amines) is 1. The lowest BCUT2D eigenvalue weighted by Crippen LogP contribution is -2.68. The van der Waals surface area contributed by atoms with E-state index in [9.17, 15) is 22.8 Å². The van der Waals surface area contributed by atoms with Gasteiger partial charge in [-0.25, -0.2) is 9.59 Å². The topological polar surface area (TPSA) is 107 Å². The van der Waals surface area contributed by atoms with Gasteiger partial charge >= 0.3 is 11.9 Å². The summed E-state index contributed by atoms with van der Waals surface area (Å²) in [4.78, 5) is 36.5. The molecule has 1 saturated heterocycles. The van der Waals surface area contributed by atoms with Crippen LogP contribution >= 0.6 is 0 Å². The number of nitrogens with zero attached hydrogens (tertiary/aromatic N) is 1. The highest BCUT2D eigenvalue weighted by Gasteiger charge is 2.52. The molecule has 0 aromatic heterocycles. The minimum Gasteiger partial charge on any atom is -0.467 e. The molecular weight excluding hydrogens is 338 g/mol. The fraction of sp³-hybridized carbons (Fsp3) is 0.333. The third kappa shape index (κ3) is 3.30. The van der Waals surface area contributed by atoms with Crippen LogP contribution in [0.5, 0.6) is 0 Å². The normalized spacial score (nSPS) is 17.8. The van der Waals surface area contributed by atoms with Gasteiger partial charge in [0.25, 0.3) is 5.91 Å². The number of ether oxygens (including phenoxy) is 2. The highest BCUT2D eigenvalue weighted by atomic mass is 32.2. The van der Waals surface area contributed by atoms with Crippen LogP contribution in [0.2, 0.25) is 0 Å². The first-order valence-electron chi connectivity index (χ1n) is 6.95. The van der Waals surface area contributed by atoms with Crippen LogP contribution in [-0.4, -0.2) is 55.2 Å². The van der Waals surface area contributed by atoms with Crippen molar-refractivity contribution >= 4 is 33.0 Å². The van der Waals surface area contributed by atoms with E-state index in [-0.39, 0.29) is 11.5 Å². The number of hydrogen-bond donors (Lipinski definition) is 0. The molecule has 0 spiro atoms. The minimum atomic E-state index is -2.71. The molecule has 8 nitrogen and oxygen atoms in total. The Morgan fingerprint density at radius 2 is 1.83 bits per heavy atom. The van der Waals surface area contributed by atoms with Crippen molar-refractivity contribution in [3.8, 4) is 0 Å². The lowest BCUT2D eigenvalue weighted by Gasteiger charge is -2.40. The van der Waals surface area contributed by atoms with Gasteiger partial charge in [-0.3, -0.25) is 4.79 Å². The van der Waals surface area contributed by atoms with Crippen LogP contribution in [-0.2, 0) is 40.8 Å². The van der Waals surface area contributed by atoms with Gasteiger partial charge in [-0.2, -0.15) is 8.42 Å². The Morgan fingerprint density at radius 1 is 1.21 bits per heavy atom. The van der Waals surface area contributed by atoms with Crippen LogP contribution in [0.1, 0.15) is 12.5 Å². The zero-order valence-electron chi connectivity index (χ0n) is 13.0. The SMILES string of the molecule is COC(=O)C(C(=O)OCc1ccccc1)N1C(=O)C(=S(=O)=O)C1C. The third-order valence-corrected chi connectivity index (χ3v) is 4.45. The van der Waals surface area contributed by atoms with Gasteiger partial charge in [0, 0.05) is 0 Å². The van der Waals surface area contributed by atoms with Crippen molar-refractivity contribution in [2.75, 3.05) is 7.11 Å². The zero-order chi connectivity index (χ0) is 17.9. The molecule has 128 valence electrons. The lowest BCUT2D eigenvalue weighted by atomic mass is 10.00. The van der Waals surface area contributed by atoms with Gasteiger partial charge in [0.05, 0.1) is 13.2 Å². The summed E-state index contributed by atoms with van der Waals surface area (Å²) in [6, 6.07) is 6.20. The average molecular weight is 353 g/mol. The summed E-state index contributed by atoms with van der Waals surface area (Å²) in [5.74, 6) is -2.89. The van der Waals surface area contributed by atoms with Crippen LogP contribution in [0.15, 0.2) is 30.3 Å². The summed E-state index contributed by atoms with van der Waals surface area (Å²) < 4.78 is 31.6. The van der Waals surface area contributed by atoms with Crippen molar-refractivity contribution in [1.29, 1.82) is 0 Å². The van der Waals surface area contributed by atoms with Crippen molar-refractivity contribution in [2.45, 2.75) is 25.6 Å². The number of rotatable bonds is 5. The number of amides is 1. The Morgan fingerprint density at radius 3 is 2.33 bits per heavy atom. The molecule has 1 aliphatic rings. The second-order valence-electron chi connectivity index (χ2n) is 5.01. The maximum absolute atomic E-state index is 12.2. The number of methoxy groups -OCH3 is 1. The van der Waals surface area contributed by atoms with Crippen LogP contribution < -0.4 is 0 Å². The van der Waals surface area contributed by atoms with Gasteiger partial charge in [-0.05, 0) is 12.5 Å². The molecule has 0 saturated carbocycles. The van der Waals surface area contributed by atoms with E-state index in [1.54, 1.807) is 30.3 Å². The smallest absolute Gasteiger partial charge is 0.341 e. The standard InChI is InChI=1S/C15H15NO7S/c1-9-12(24(20)21)13(17)16(9)11(14(18)22-2)15(19)23-8-10-6-4-3-5-7-10/h3-7,9,11H,8H2,1-2H3.